The van der Waals surface area contributed by atoms with Crippen LogP contribution in [0, 0.1) is 0 Å². The van der Waals surface area contributed by atoms with Gasteiger partial charge in [0.25, 0.3) is 5.91 Å². The van der Waals surface area contributed by atoms with E-state index in [0.717, 1.165) is 4.90 Å². The molecule has 1 aliphatic heterocycles. The average Bonchev–Trinajstić information content (AvgIpc) is 2.62. The molecule has 3 rings (SSSR count). The van der Waals surface area contributed by atoms with Gasteiger partial charge in [-0.05, 0) is 56.7 Å². The highest BCUT2D eigenvalue weighted by molar-refractivity contribution is 8.00. The molecule has 0 fully saturated rings. The van der Waals surface area contributed by atoms with Crippen LogP contribution in [0.4, 0.5) is 11.4 Å². The molecule has 1 atom stereocenters. The fourth-order valence-electron chi connectivity index (χ4n) is 2.65. The SMILES string of the molecule is C[C@@H]1Sc2ccc(C(=O)Nc3ccc(C(C)(C)C(=O)O)cc3)cc2NC1=O. The van der Waals surface area contributed by atoms with Crippen molar-refractivity contribution in [3.8, 4) is 0 Å². The third kappa shape index (κ3) is 3.83. The average molecular weight is 384 g/mol. The smallest absolute Gasteiger partial charge is 0.313 e. The van der Waals surface area contributed by atoms with Gasteiger partial charge in [0, 0.05) is 16.1 Å². The molecule has 0 saturated heterocycles. The number of fused-ring (bicyclic) bond motifs is 1. The molecule has 2 amide bonds. The fraction of sp³-hybridized carbons (Fsp3) is 0.250. The van der Waals surface area contributed by atoms with Gasteiger partial charge in [-0.25, -0.2) is 0 Å². The number of carbonyl (C=O) groups is 3. The number of carboxylic acid groups (broad SMARTS) is 1. The molecule has 1 heterocycles. The predicted molar refractivity (Wildman–Crippen MR) is 105 cm³/mol. The van der Waals surface area contributed by atoms with Crippen LogP contribution < -0.4 is 10.6 Å². The molecule has 2 aromatic rings. The lowest BCUT2D eigenvalue weighted by Gasteiger charge is -2.22. The van der Waals surface area contributed by atoms with E-state index in [0.29, 0.717) is 22.5 Å². The molecule has 0 aliphatic carbocycles. The number of anilines is 2. The second-order valence-corrected chi connectivity index (χ2v) is 8.30. The summed E-state index contributed by atoms with van der Waals surface area (Å²) in [5.41, 5.74) is 1.27. The summed E-state index contributed by atoms with van der Waals surface area (Å²) in [7, 11) is 0. The van der Waals surface area contributed by atoms with Crippen molar-refractivity contribution in [2.24, 2.45) is 0 Å². The Labute approximate surface area is 161 Å². The number of benzene rings is 2. The fourth-order valence-corrected chi connectivity index (χ4v) is 3.58. The molecule has 0 unspecified atom stereocenters. The summed E-state index contributed by atoms with van der Waals surface area (Å²) in [5.74, 6) is -1.30. The van der Waals surface area contributed by atoms with E-state index < -0.39 is 11.4 Å². The van der Waals surface area contributed by atoms with Crippen LogP contribution in [-0.4, -0.2) is 28.1 Å². The second-order valence-electron chi connectivity index (χ2n) is 6.92. The van der Waals surface area contributed by atoms with Gasteiger partial charge in [0.1, 0.15) is 0 Å². The quantitative estimate of drug-likeness (QED) is 0.746. The molecule has 2 aromatic carbocycles. The zero-order valence-corrected chi connectivity index (χ0v) is 16.0. The minimum Gasteiger partial charge on any atom is -0.481 e. The van der Waals surface area contributed by atoms with Gasteiger partial charge >= 0.3 is 5.97 Å². The van der Waals surface area contributed by atoms with Crippen LogP contribution in [0.15, 0.2) is 47.4 Å². The van der Waals surface area contributed by atoms with Crippen LogP contribution in [0.3, 0.4) is 0 Å². The predicted octanol–water partition coefficient (Wildman–Crippen LogP) is 3.73. The van der Waals surface area contributed by atoms with E-state index in [1.54, 1.807) is 50.2 Å². The van der Waals surface area contributed by atoms with E-state index >= 15 is 0 Å². The van der Waals surface area contributed by atoms with Crippen molar-refractivity contribution in [3.05, 3.63) is 53.6 Å². The van der Waals surface area contributed by atoms with Crippen molar-refractivity contribution < 1.29 is 19.5 Å². The highest BCUT2D eigenvalue weighted by atomic mass is 32.2. The number of hydrogen-bond acceptors (Lipinski definition) is 4. The summed E-state index contributed by atoms with van der Waals surface area (Å²) < 4.78 is 0. The normalized spacial score (nSPS) is 16.3. The lowest BCUT2D eigenvalue weighted by Crippen LogP contribution is -2.28. The van der Waals surface area contributed by atoms with E-state index in [1.807, 2.05) is 13.0 Å². The molecule has 0 spiro atoms. The van der Waals surface area contributed by atoms with Crippen LogP contribution in [0.5, 0.6) is 0 Å². The Morgan fingerprint density at radius 3 is 2.44 bits per heavy atom. The van der Waals surface area contributed by atoms with Crippen LogP contribution in [-0.2, 0) is 15.0 Å². The van der Waals surface area contributed by atoms with Crippen LogP contribution in [0.25, 0.3) is 0 Å². The van der Waals surface area contributed by atoms with E-state index in [2.05, 4.69) is 10.6 Å². The van der Waals surface area contributed by atoms with Crippen molar-refractivity contribution in [2.75, 3.05) is 10.6 Å². The van der Waals surface area contributed by atoms with Gasteiger partial charge in [0.2, 0.25) is 5.91 Å². The summed E-state index contributed by atoms with van der Waals surface area (Å²) in [6.07, 6.45) is 0. The van der Waals surface area contributed by atoms with E-state index in [1.165, 1.54) is 11.8 Å². The Morgan fingerprint density at radius 2 is 1.81 bits per heavy atom. The second kappa shape index (κ2) is 7.08. The molecule has 0 aromatic heterocycles. The first-order valence-corrected chi connectivity index (χ1v) is 9.33. The summed E-state index contributed by atoms with van der Waals surface area (Å²) in [5, 5.41) is 14.7. The van der Waals surface area contributed by atoms with Gasteiger partial charge in [-0.15, -0.1) is 11.8 Å². The molecule has 1 aliphatic rings. The molecule has 0 radical (unpaired) electrons. The number of carboxylic acids is 1. The molecular weight excluding hydrogens is 364 g/mol. The maximum atomic E-state index is 12.5. The van der Waals surface area contributed by atoms with Crippen molar-refractivity contribution in [1.82, 2.24) is 0 Å². The number of thioether (sulfide) groups is 1. The first-order valence-electron chi connectivity index (χ1n) is 8.45. The van der Waals surface area contributed by atoms with Gasteiger partial charge < -0.3 is 15.7 Å². The van der Waals surface area contributed by atoms with Gasteiger partial charge in [0.05, 0.1) is 16.4 Å². The molecule has 0 saturated carbocycles. The zero-order chi connectivity index (χ0) is 19.8. The number of nitrogens with one attached hydrogen (secondary N) is 2. The van der Waals surface area contributed by atoms with Crippen molar-refractivity contribution in [2.45, 2.75) is 36.3 Å². The molecule has 0 bridgehead atoms. The van der Waals surface area contributed by atoms with Crippen LogP contribution in [0.2, 0.25) is 0 Å². The van der Waals surface area contributed by atoms with Gasteiger partial charge in [-0.3, -0.25) is 14.4 Å². The Kier molecular flexibility index (Phi) is 4.97. The Morgan fingerprint density at radius 1 is 1.15 bits per heavy atom. The summed E-state index contributed by atoms with van der Waals surface area (Å²) in [4.78, 5) is 36.6. The molecule has 140 valence electrons. The molecule has 3 N–H and O–H groups in total. The monoisotopic (exact) mass is 384 g/mol. The van der Waals surface area contributed by atoms with Crippen molar-refractivity contribution >= 4 is 40.9 Å². The number of amides is 2. The zero-order valence-electron chi connectivity index (χ0n) is 15.2. The highest BCUT2D eigenvalue weighted by Gasteiger charge is 2.29. The Hall–Kier alpha value is -2.80. The maximum Gasteiger partial charge on any atom is 0.313 e. The topological polar surface area (TPSA) is 95.5 Å². The molecule has 27 heavy (non-hydrogen) atoms. The first-order chi connectivity index (χ1) is 12.7. The number of carbonyl (C=O) groups excluding carboxylic acids is 2. The lowest BCUT2D eigenvalue weighted by atomic mass is 9.85. The van der Waals surface area contributed by atoms with Crippen LogP contribution in [0.1, 0.15) is 36.7 Å². The van der Waals surface area contributed by atoms with Gasteiger partial charge in [-0.2, -0.15) is 0 Å². The third-order valence-electron chi connectivity index (χ3n) is 4.57. The van der Waals surface area contributed by atoms with Crippen LogP contribution >= 0.6 is 11.8 Å². The van der Waals surface area contributed by atoms with Crippen molar-refractivity contribution in [1.29, 1.82) is 0 Å². The first kappa shape index (κ1) is 19.0. The van der Waals surface area contributed by atoms with Crippen molar-refractivity contribution in [3.63, 3.8) is 0 Å². The molecule has 6 nitrogen and oxygen atoms in total. The van der Waals surface area contributed by atoms with Gasteiger partial charge in [-0.1, -0.05) is 12.1 Å². The minimum absolute atomic E-state index is 0.0818. The number of hydrogen-bond donors (Lipinski definition) is 3. The summed E-state index contributed by atoms with van der Waals surface area (Å²) >= 11 is 1.46. The third-order valence-corrected chi connectivity index (χ3v) is 5.75. The number of aliphatic carboxylic acids is 1. The Bertz CT molecular complexity index is 922. The minimum atomic E-state index is -1.01. The largest absolute Gasteiger partial charge is 0.481 e. The van der Waals surface area contributed by atoms with E-state index in [-0.39, 0.29) is 17.1 Å². The number of rotatable bonds is 4. The summed E-state index contributed by atoms with van der Waals surface area (Å²) in [6.45, 7) is 5.09. The lowest BCUT2D eigenvalue weighted by molar-refractivity contribution is -0.142. The highest BCUT2D eigenvalue weighted by Crippen LogP contribution is 2.36. The Balaban J connectivity index is 1.75. The van der Waals surface area contributed by atoms with E-state index in [9.17, 15) is 19.5 Å². The van der Waals surface area contributed by atoms with Gasteiger partial charge in [0.15, 0.2) is 0 Å². The molecular formula is C20H20N2O4S. The maximum absolute atomic E-state index is 12.5. The summed E-state index contributed by atoms with van der Waals surface area (Å²) in [6, 6.07) is 11.9. The van der Waals surface area contributed by atoms with E-state index in [4.69, 9.17) is 0 Å². The molecule has 7 heteroatoms. The standard InChI is InChI=1S/C20H20N2O4S/c1-11-17(23)22-15-10-12(4-9-16(15)27-11)18(24)21-14-7-5-13(6-8-14)20(2,3)19(25)26/h4-11H,1-3H3,(H,21,24)(H,22,23)(H,25,26)/t11-/m0/s1.